The summed E-state index contributed by atoms with van der Waals surface area (Å²) in [5.41, 5.74) is 3.57. The second-order valence-corrected chi connectivity index (χ2v) is 5.94. The quantitative estimate of drug-likeness (QED) is 0.756. The lowest BCUT2D eigenvalue weighted by Crippen LogP contribution is -2.38. The van der Waals surface area contributed by atoms with Crippen LogP contribution in [0.25, 0.3) is 0 Å². The van der Waals surface area contributed by atoms with Crippen molar-refractivity contribution in [2.45, 2.75) is 12.8 Å². The van der Waals surface area contributed by atoms with Crippen molar-refractivity contribution < 1.29 is 9.53 Å². The van der Waals surface area contributed by atoms with Crippen molar-refractivity contribution in [1.82, 2.24) is 5.32 Å². The molecule has 4 rings (SSSR count). The molecule has 0 radical (unpaired) electrons. The summed E-state index contributed by atoms with van der Waals surface area (Å²) in [6, 6.07) is 25.3. The molecular formula is C21H18N2O2. The third-order valence-corrected chi connectivity index (χ3v) is 4.19. The molecular weight excluding hydrogens is 312 g/mol. The van der Waals surface area contributed by atoms with Gasteiger partial charge in [0, 0.05) is 5.69 Å². The Morgan fingerprint density at radius 3 is 2.52 bits per heavy atom. The lowest BCUT2D eigenvalue weighted by Gasteiger charge is -2.28. The number of fused-ring (bicyclic) bond motifs is 1. The van der Waals surface area contributed by atoms with Gasteiger partial charge in [0.1, 0.15) is 18.5 Å². The van der Waals surface area contributed by atoms with Gasteiger partial charge in [-0.05, 0) is 35.4 Å². The van der Waals surface area contributed by atoms with Crippen LogP contribution in [0.4, 0.5) is 5.69 Å². The first-order valence-electron chi connectivity index (χ1n) is 8.23. The normalized spacial score (nSPS) is 15.7. The number of para-hydroxylation sites is 1. The maximum absolute atomic E-state index is 12.3. The second-order valence-electron chi connectivity index (χ2n) is 5.94. The van der Waals surface area contributed by atoms with Gasteiger partial charge in [0.25, 0.3) is 5.91 Å². The fourth-order valence-electron chi connectivity index (χ4n) is 2.90. The van der Waals surface area contributed by atoms with E-state index < -0.39 is 0 Å². The number of nitrogens with one attached hydrogen (secondary N) is 2. The van der Waals surface area contributed by atoms with E-state index >= 15 is 0 Å². The van der Waals surface area contributed by atoms with Crippen LogP contribution in [-0.4, -0.2) is 5.91 Å². The number of ether oxygens (including phenoxy) is 1. The van der Waals surface area contributed by atoms with Gasteiger partial charge in [-0.25, -0.2) is 0 Å². The number of hydrogen-bond acceptors (Lipinski definition) is 3. The molecule has 124 valence electrons. The van der Waals surface area contributed by atoms with E-state index in [0.717, 1.165) is 22.6 Å². The molecule has 1 aliphatic rings. The van der Waals surface area contributed by atoms with Crippen molar-refractivity contribution in [2.75, 3.05) is 5.32 Å². The van der Waals surface area contributed by atoms with Crippen LogP contribution in [0.5, 0.6) is 5.75 Å². The molecule has 1 aliphatic heterocycles. The Hall–Kier alpha value is -3.27. The monoisotopic (exact) mass is 330 g/mol. The van der Waals surface area contributed by atoms with Crippen LogP contribution in [0.2, 0.25) is 0 Å². The molecule has 0 spiro atoms. The van der Waals surface area contributed by atoms with E-state index in [1.54, 1.807) is 0 Å². The molecule has 0 aliphatic carbocycles. The third-order valence-electron chi connectivity index (χ3n) is 4.19. The average Bonchev–Trinajstić information content (AvgIpc) is 2.67. The number of carbonyl (C=O) groups excluding carboxylic acids is 1. The Balaban J connectivity index is 1.51. The highest BCUT2D eigenvalue weighted by Crippen LogP contribution is 2.28. The van der Waals surface area contributed by atoms with Crippen LogP contribution in [-0.2, 0) is 6.61 Å². The summed E-state index contributed by atoms with van der Waals surface area (Å²) in [5.74, 6) is 0.700. The summed E-state index contributed by atoms with van der Waals surface area (Å²) in [5, 5.41) is 6.34. The summed E-state index contributed by atoms with van der Waals surface area (Å²) in [6.07, 6.45) is -0.275. The van der Waals surface area contributed by atoms with Crippen molar-refractivity contribution in [3.05, 3.63) is 95.6 Å². The summed E-state index contributed by atoms with van der Waals surface area (Å²) in [7, 11) is 0. The molecule has 3 aromatic carbocycles. The zero-order chi connectivity index (χ0) is 17.1. The molecule has 4 nitrogen and oxygen atoms in total. The average molecular weight is 330 g/mol. The van der Waals surface area contributed by atoms with Gasteiger partial charge in [-0.3, -0.25) is 4.79 Å². The predicted molar refractivity (Wildman–Crippen MR) is 97.5 cm³/mol. The number of hydrogen-bond donors (Lipinski definition) is 2. The van der Waals surface area contributed by atoms with Crippen molar-refractivity contribution in [1.29, 1.82) is 0 Å². The standard InChI is InChI=1S/C21H18N2O2/c24-21-18-11-4-5-12-19(18)22-20(23-21)16-9-6-10-17(13-16)25-14-15-7-2-1-3-8-15/h1-13,20,22H,14H2,(H,23,24)/t20-/m1/s1. The highest BCUT2D eigenvalue weighted by molar-refractivity contribution is 6.01. The Bertz CT molecular complexity index is 893. The number of carbonyl (C=O) groups is 1. The minimum atomic E-state index is -0.275. The first-order chi connectivity index (χ1) is 12.3. The van der Waals surface area contributed by atoms with Gasteiger partial charge in [-0.2, -0.15) is 0 Å². The van der Waals surface area contributed by atoms with Crippen LogP contribution in [0.15, 0.2) is 78.9 Å². The Labute approximate surface area is 146 Å². The molecule has 0 fully saturated rings. The topological polar surface area (TPSA) is 50.4 Å². The largest absolute Gasteiger partial charge is 0.489 e. The van der Waals surface area contributed by atoms with Gasteiger partial charge in [0.15, 0.2) is 0 Å². The molecule has 2 N–H and O–H groups in total. The number of amides is 1. The van der Waals surface area contributed by atoms with Gasteiger partial charge >= 0.3 is 0 Å². The molecule has 0 saturated heterocycles. The number of anilines is 1. The minimum absolute atomic E-state index is 0.0741. The van der Waals surface area contributed by atoms with Gasteiger partial charge in [0.05, 0.1) is 5.56 Å². The van der Waals surface area contributed by atoms with Crippen molar-refractivity contribution in [2.24, 2.45) is 0 Å². The van der Waals surface area contributed by atoms with Crippen LogP contribution in [0.1, 0.15) is 27.7 Å². The van der Waals surface area contributed by atoms with Gasteiger partial charge < -0.3 is 15.4 Å². The predicted octanol–water partition coefficient (Wildman–Crippen LogP) is 4.12. The lowest BCUT2D eigenvalue weighted by molar-refractivity contribution is 0.0935. The van der Waals surface area contributed by atoms with E-state index in [0.29, 0.717) is 12.2 Å². The molecule has 25 heavy (non-hydrogen) atoms. The number of benzene rings is 3. The van der Waals surface area contributed by atoms with E-state index in [1.807, 2.05) is 78.9 Å². The zero-order valence-corrected chi connectivity index (χ0v) is 13.6. The second kappa shape index (κ2) is 6.69. The maximum atomic E-state index is 12.3. The summed E-state index contributed by atoms with van der Waals surface area (Å²) < 4.78 is 5.88. The fraction of sp³-hybridized carbons (Fsp3) is 0.0952. The minimum Gasteiger partial charge on any atom is -0.489 e. The van der Waals surface area contributed by atoms with E-state index in [4.69, 9.17) is 4.74 Å². The van der Waals surface area contributed by atoms with E-state index in [9.17, 15) is 4.79 Å². The molecule has 0 bridgehead atoms. The third kappa shape index (κ3) is 3.33. The highest BCUT2D eigenvalue weighted by atomic mass is 16.5. The van der Waals surface area contributed by atoms with Gasteiger partial charge in [-0.1, -0.05) is 54.6 Å². The molecule has 0 aromatic heterocycles. The number of rotatable bonds is 4. The lowest BCUT2D eigenvalue weighted by atomic mass is 10.1. The van der Waals surface area contributed by atoms with Crippen molar-refractivity contribution in [3.63, 3.8) is 0 Å². The summed E-state index contributed by atoms with van der Waals surface area (Å²) in [6.45, 7) is 0.511. The zero-order valence-electron chi connectivity index (χ0n) is 13.6. The van der Waals surface area contributed by atoms with Crippen molar-refractivity contribution >= 4 is 11.6 Å². The molecule has 1 atom stereocenters. The molecule has 0 unspecified atom stereocenters. The molecule has 4 heteroatoms. The SMILES string of the molecule is O=C1N[C@H](c2cccc(OCc3ccccc3)c2)Nc2ccccc21. The van der Waals surface area contributed by atoms with Crippen LogP contribution < -0.4 is 15.4 Å². The van der Waals surface area contributed by atoms with Crippen LogP contribution in [0.3, 0.4) is 0 Å². The smallest absolute Gasteiger partial charge is 0.255 e. The summed E-state index contributed by atoms with van der Waals surface area (Å²) in [4.78, 5) is 12.3. The molecule has 0 saturated carbocycles. The van der Waals surface area contributed by atoms with E-state index in [-0.39, 0.29) is 12.1 Å². The molecule has 1 heterocycles. The first-order valence-corrected chi connectivity index (χ1v) is 8.23. The summed E-state index contributed by atoms with van der Waals surface area (Å²) >= 11 is 0. The van der Waals surface area contributed by atoms with Gasteiger partial charge in [0.2, 0.25) is 0 Å². The first kappa shape index (κ1) is 15.3. The Morgan fingerprint density at radius 2 is 1.64 bits per heavy atom. The Kier molecular flexibility index (Phi) is 4.09. The van der Waals surface area contributed by atoms with Crippen LogP contribution >= 0.6 is 0 Å². The van der Waals surface area contributed by atoms with E-state index in [1.165, 1.54) is 0 Å². The highest BCUT2D eigenvalue weighted by Gasteiger charge is 2.24. The maximum Gasteiger partial charge on any atom is 0.255 e. The molecule has 3 aromatic rings. The van der Waals surface area contributed by atoms with Gasteiger partial charge in [-0.15, -0.1) is 0 Å². The van der Waals surface area contributed by atoms with E-state index in [2.05, 4.69) is 10.6 Å². The Morgan fingerprint density at radius 1 is 0.840 bits per heavy atom. The molecule has 1 amide bonds. The van der Waals surface area contributed by atoms with Crippen molar-refractivity contribution in [3.8, 4) is 5.75 Å². The fourth-order valence-corrected chi connectivity index (χ4v) is 2.90. The van der Waals surface area contributed by atoms with Crippen LogP contribution in [0, 0.1) is 0 Å².